The van der Waals surface area contributed by atoms with Crippen molar-refractivity contribution in [2.75, 3.05) is 5.32 Å². The average molecular weight is 370 g/mol. The van der Waals surface area contributed by atoms with Crippen molar-refractivity contribution in [1.82, 2.24) is 10.3 Å². The highest BCUT2D eigenvalue weighted by Crippen LogP contribution is 2.18. The number of aryl methyl sites for hydroxylation is 1. The maximum Gasteiger partial charge on any atom is 0.347 e. The van der Waals surface area contributed by atoms with Gasteiger partial charge in [0.2, 0.25) is 0 Å². The number of anilines is 1. The molecule has 0 saturated heterocycles. The lowest BCUT2D eigenvalue weighted by Gasteiger charge is -2.06. The van der Waals surface area contributed by atoms with E-state index < -0.39 is 5.97 Å². The van der Waals surface area contributed by atoms with Gasteiger partial charge in [-0.05, 0) is 25.1 Å². The fourth-order valence-corrected chi connectivity index (χ4v) is 2.87. The van der Waals surface area contributed by atoms with Crippen LogP contribution in [0.2, 0.25) is 0 Å². The normalized spacial score (nSPS) is 10.2. The van der Waals surface area contributed by atoms with Crippen LogP contribution in [0.15, 0.2) is 28.7 Å². The summed E-state index contributed by atoms with van der Waals surface area (Å²) in [6.45, 7) is 1.81. The van der Waals surface area contributed by atoms with Crippen LogP contribution in [-0.2, 0) is 6.54 Å². The van der Waals surface area contributed by atoms with Crippen molar-refractivity contribution < 1.29 is 14.7 Å². The Balaban J connectivity index is 1.92. The molecule has 1 heterocycles. The Bertz CT molecular complexity index is 687. The molecule has 0 saturated carbocycles. The number of nitrogens with one attached hydrogen (secondary N) is 2. The molecule has 0 fully saturated rings. The molecule has 0 radical (unpaired) electrons. The second-order valence-corrected chi connectivity index (χ2v) is 6.14. The first-order valence-electron chi connectivity index (χ1n) is 5.95. The van der Waals surface area contributed by atoms with Crippen molar-refractivity contribution >= 4 is 45.0 Å². The van der Waals surface area contributed by atoms with Gasteiger partial charge in [-0.25, -0.2) is 14.6 Å². The van der Waals surface area contributed by atoms with Gasteiger partial charge in [-0.3, -0.25) is 0 Å². The standard InChI is InChI=1S/C13H12BrN3O3S/c1-7-11(12(18)19)21-10(16-7)6-15-13(20)17-9-4-2-3-8(14)5-9/h2-5H,6H2,1H3,(H,18,19)(H2,15,17,20). The first-order chi connectivity index (χ1) is 9.95. The molecule has 0 atom stereocenters. The maximum atomic E-state index is 11.7. The smallest absolute Gasteiger partial charge is 0.347 e. The molecular formula is C13H12BrN3O3S. The van der Waals surface area contributed by atoms with Gasteiger partial charge in [0.15, 0.2) is 0 Å². The van der Waals surface area contributed by atoms with Crippen LogP contribution in [0.25, 0.3) is 0 Å². The monoisotopic (exact) mass is 369 g/mol. The van der Waals surface area contributed by atoms with Crippen molar-refractivity contribution in [3.8, 4) is 0 Å². The van der Waals surface area contributed by atoms with Crippen molar-refractivity contribution in [2.45, 2.75) is 13.5 Å². The predicted molar refractivity (Wildman–Crippen MR) is 83.8 cm³/mol. The number of carbonyl (C=O) groups is 2. The number of amides is 2. The third-order valence-electron chi connectivity index (χ3n) is 2.52. The fraction of sp³-hybridized carbons (Fsp3) is 0.154. The fourth-order valence-electron chi connectivity index (χ4n) is 1.62. The van der Waals surface area contributed by atoms with Gasteiger partial charge in [0.25, 0.3) is 0 Å². The maximum absolute atomic E-state index is 11.7. The van der Waals surface area contributed by atoms with E-state index in [1.807, 2.05) is 12.1 Å². The summed E-state index contributed by atoms with van der Waals surface area (Å²) >= 11 is 4.37. The van der Waals surface area contributed by atoms with Crippen LogP contribution >= 0.6 is 27.3 Å². The van der Waals surface area contributed by atoms with E-state index in [4.69, 9.17) is 5.11 Å². The molecule has 0 unspecified atom stereocenters. The van der Waals surface area contributed by atoms with Crippen LogP contribution in [0.5, 0.6) is 0 Å². The second kappa shape index (κ2) is 6.68. The van der Waals surface area contributed by atoms with Crippen LogP contribution in [0.4, 0.5) is 10.5 Å². The molecule has 2 aromatic rings. The van der Waals surface area contributed by atoms with Gasteiger partial charge < -0.3 is 15.7 Å². The number of carboxylic acid groups (broad SMARTS) is 1. The summed E-state index contributed by atoms with van der Waals surface area (Å²) in [5, 5.41) is 14.8. The van der Waals surface area contributed by atoms with E-state index in [1.165, 1.54) is 0 Å². The number of hydrogen-bond donors (Lipinski definition) is 3. The summed E-state index contributed by atoms with van der Waals surface area (Å²) in [6.07, 6.45) is 0. The zero-order chi connectivity index (χ0) is 15.4. The number of carbonyl (C=O) groups excluding carboxylic acids is 1. The summed E-state index contributed by atoms with van der Waals surface area (Å²) < 4.78 is 0.863. The van der Waals surface area contributed by atoms with Crippen molar-refractivity contribution in [2.24, 2.45) is 0 Å². The van der Waals surface area contributed by atoms with E-state index in [2.05, 4.69) is 31.5 Å². The number of halogens is 1. The van der Waals surface area contributed by atoms with Crippen molar-refractivity contribution in [3.63, 3.8) is 0 Å². The molecule has 2 amide bonds. The Morgan fingerprint density at radius 3 is 2.81 bits per heavy atom. The molecule has 0 aliphatic rings. The van der Waals surface area contributed by atoms with Crippen molar-refractivity contribution in [3.05, 3.63) is 44.3 Å². The number of hydrogen-bond acceptors (Lipinski definition) is 4. The van der Waals surface area contributed by atoms with Gasteiger partial charge in [-0.2, -0.15) is 0 Å². The third kappa shape index (κ3) is 4.27. The SMILES string of the molecule is Cc1nc(CNC(=O)Nc2cccc(Br)c2)sc1C(=O)O. The predicted octanol–water partition coefficient (Wildman–Crippen LogP) is 3.23. The lowest BCUT2D eigenvalue weighted by molar-refractivity contribution is 0.0701. The summed E-state index contributed by atoms with van der Waals surface area (Å²) in [7, 11) is 0. The number of urea groups is 1. The molecule has 0 spiro atoms. The zero-order valence-electron chi connectivity index (χ0n) is 11.0. The molecule has 2 rings (SSSR count). The van der Waals surface area contributed by atoms with Crippen LogP contribution in [0.1, 0.15) is 20.4 Å². The van der Waals surface area contributed by atoms with E-state index in [9.17, 15) is 9.59 Å². The minimum Gasteiger partial charge on any atom is -0.477 e. The Morgan fingerprint density at radius 2 is 2.19 bits per heavy atom. The highest BCUT2D eigenvalue weighted by molar-refractivity contribution is 9.10. The molecule has 110 valence electrons. The van der Waals surface area contributed by atoms with Crippen LogP contribution < -0.4 is 10.6 Å². The second-order valence-electron chi connectivity index (χ2n) is 4.15. The van der Waals surface area contributed by atoms with E-state index in [1.54, 1.807) is 19.1 Å². The zero-order valence-corrected chi connectivity index (χ0v) is 13.4. The number of aromatic carboxylic acids is 1. The highest BCUT2D eigenvalue weighted by Gasteiger charge is 2.14. The Morgan fingerprint density at radius 1 is 1.43 bits per heavy atom. The Kier molecular flexibility index (Phi) is 4.92. The summed E-state index contributed by atoms with van der Waals surface area (Å²) in [5.74, 6) is -1.00. The minimum absolute atomic E-state index is 0.179. The first-order valence-corrected chi connectivity index (χ1v) is 7.56. The molecule has 21 heavy (non-hydrogen) atoms. The van der Waals surface area contributed by atoms with Gasteiger partial charge in [0.1, 0.15) is 9.88 Å². The molecule has 0 aliphatic carbocycles. The lowest BCUT2D eigenvalue weighted by Crippen LogP contribution is -2.28. The van der Waals surface area contributed by atoms with Gasteiger partial charge in [0, 0.05) is 10.2 Å². The summed E-state index contributed by atoms with van der Waals surface area (Å²) in [4.78, 5) is 27.0. The van der Waals surface area contributed by atoms with E-state index in [0.717, 1.165) is 15.8 Å². The molecule has 1 aromatic carbocycles. The van der Waals surface area contributed by atoms with Crippen molar-refractivity contribution in [1.29, 1.82) is 0 Å². The summed E-state index contributed by atoms with van der Waals surface area (Å²) in [6, 6.07) is 6.83. The van der Waals surface area contributed by atoms with Gasteiger partial charge in [-0.15, -0.1) is 11.3 Å². The molecule has 3 N–H and O–H groups in total. The number of rotatable bonds is 4. The highest BCUT2D eigenvalue weighted by atomic mass is 79.9. The average Bonchev–Trinajstić information content (AvgIpc) is 2.78. The molecule has 0 aliphatic heterocycles. The Labute approximate surface area is 133 Å². The minimum atomic E-state index is -1.00. The van der Waals surface area contributed by atoms with Crippen LogP contribution in [0, 0.1) is 6.92 Å². The van der Waals surface area contributed by atoms with Gasteiger partial charge in [-0.1, -0.05) is 22.0 Å². The van der Waals surface area contributed by atoms with Crippen LogP contribution in [-0.4, -0.2) is 22.1 Å². The molecule has 6 nitrogen and oxygen atoms in total. The largest absolute Gasteiger partial charge is 0.477 e. The van der Waals surface area contributed by atoms with E-state index in [-0.39, 0.29) is 17.5 Å². The van der Waals surface area contributed by atoms with Crippen LogP contribution in [0.3, 0.4) is 0 Å². The quantitative estimate of drug-likeness (QED) is 0.771. The molecular weight excluding hydrogens is 358 g/mol. The number of benzene rings is 1. The number of carboxylic acids is 1. The number of aromatic nitrogens is 1. The molecule has 8 heteroatoms. The summed E-state index contributed by atoms with van der Waals surface area (Å²) in [5.41, 5.74) is 1.11. The molecule has 0 bridgehead atoms. The Hall–Kier alpha value is -1.93. The van der Waals surface area contributed by atoms with Gasteiger partial charge in [0.05, 0.1) is 12.2 Å². The van der Waals surface area contributed by atoms with E-state index >= 15 is 0 Å². The lowest BCUT2D eigenvalue weighted by atomic mass is 10.3. The van der Waals surface area contributed by atoms with E-state index in [0.29, 0.717) is 16.4 Å². The number of thiazole rings is 1. The topological polar surface area (TPSA) is 91.3 Å². The number of nitrogens with zero attached hydrogens (tertiary/aromatic N) is 1. The first kappa shape index (κ1) is 15.5. The third-order valence-corrected chi connectivity index (χ3v) is 4.16. The van der Waals surface area contributed by atoms with Gasteiger partial charge >= 0.3 is 12.0 Å². The molecule has 1 aromatic heterocycles.